The highest BCUT2D eigenvalue weighted by atomic mass is 79.9. The van der Waals surface area contributed by atoms with Crippen LogP contribution in [-0.4, -0.2) is 23.9 Å². The molecule has 2 rings (SSSR count). The second-order valence-electron chi connectivity index (χ2n) is 5.63. The highest BCUT2D eigenvalue weighted by molar-refractivity contribution is 9.10. The Balaban J connectivity index is 2.54. The number of aromatic nitrogens is 1. The molecule has 0 amide bonds. The van der Waals surface area contributed by atoms with E-state index in [0.717, 1.165) is 28.4 Å². The van der Waals surface area contributed by atoms with Crippen LogP contribution in [0.25, 0.3) is 0 Å². The predicted octanol–water partition coefficient (Wildman–Crippen LogP) is 3.10. The zero-order valence-corrected chi connectivity index (χ0v) is 13.7. The lowest BCUT2D eigenvalue weighted by molar-refractivity contribution is 0.562. The van der Waals surface area contributed by atoms with E-state index in [0.29, 0.717) is 12.1 Å². The predicted molar refractivity (Wildman–Crippen MR) is 80.1 cm³/mol. The van der Waals surface area contributed by atoms with Crippen LogP contribution in [0.1, 0.15) is 44.7 Å². The Bertz CT molecular complexity index is 631. The van der Waals surface area contributed by atoms with Gasteiger partial charge in [-0.05, 0) is 61.5 Å². The van der Waals surface area contributed by atoms with Gasteiger partial charge in [0.25, 0.3) is 10.0 Å². The zero-order valence-electron chi connectivity index (χ0n) is 11.3. The molecule has 0 radical (unpaired) electrons. The quantitative estimate of drug-likeness (QED) is 0.786. The van der Waals surface area contributed by atoms with Gasteiger partial charge in [-0.1, -0.05) is 0 Å². The van der Waals surface area contributed by atoms with Crippen molar-refractivity contribution in [2.45, 2.75) is 44.8 Å². The van der Waals surface area contributed by atoms with Crippen molar-refractivity contribution in [1.29, 1.82) is 0 Å². The molecule has 0 spiro atoms. The summed E-state index contributed by atoms with van der Waals surface area (Å²) in [5.74, 6) is 0. The molecule has 1 aromatic heterocycles. The summed E-state index contributed by atoms with van der Waals surface area (Å²) in [5.41, 5.74) is 2.59. The summed E-state index contributed by atoms with van der Waals surface area (Å²) < 4.78 is 28.5. The maximum Gasteiger partial charge on any atom is 0.258 e. The summed E-state index contributed by atoms with van der Waals surface area (Å²) in [6.45, 7) is 4.99. The van der Waals surface area contributed by atoms with E-state index >= 15 is 0 Å². The third-order valence-electron chi connectivity index (χ3n) is 3.16. The molecule has 0 aliphatic heterocycles. The third kappa shape index (κ3) is 2.89. The van der Waals surface area contributed by atoms with Gasteiger partial charge in [-0.2, -0.15) is 4.40 Å². The molecular weight excluding hydrogens is 328 g/mol. The average molecular weight is 345 g/mol. The van der Waals surface area contributed by atoms with Crippen molar-refractivity contribution in [2.24, 2.45) is 4.40 Å². The van der Waals surface area contributed by atoms with Gasteiger partial charge < -0.3 is 0 Å². The number of halogens is 1. The molecule has 1 aliphatic carbocycles. The fourth-order valence-electron chi connectivity index (χ4n) is 1.91. The van der Waals surface area contributed by atoms with Crippen LogP contribution in [0.2, 0.25) is 0 Å². The SMILES string of the molecule is CC(C)(C)S(=O)(=O)/N=C1\CCCc2c(Br)cncc21. The van der Waals surface area contributed by atoms with Crippen LogP contribution in [0.3, 0.4) is 0 Å². The van der Waals surface area contributed by atoms with Crippen molar-refractivity contribution >= 4 is 31.7 Å². The molecule has 4 nitrogen and oxygen atoms in total. The molecule has 1 aromatic rings. The zero-order chi connectivity index (χ0) is 14.3. The normalized spacial score (nSPS) is 18.4. The van der Waals surface area contributed by atoms with Crippen LogP contribution < -0.4 is 0 Å². The standard InChI is InChI=1S/C13H17BrN2O2S/c1-13(2,3)19(17,18)16-12-6-4-5-9-10(12)7-15-8-11(9)14/h7-8H,4-6H2,1-3H3/b16-12+. The van der Waals surface area contributed by atoms with Gasteiger partial charge in [-0.15, -0.1) is 0 Å². The maximum atomic E-state index is 12.2. The molecule has 0 saturated heterocycles. The Morgan fingerprint density at radius 3 is 2.58 bits per heavy atom. The Morgan fingerprint density at radius 2 is 1.95 bits per heavy atom. The summed E-state index contributed by atoms with van der Waals surface area (Å²) in [7, 11) is -3.51. The minimum Gasteiger partial charge on any atom is -0.263 e. The van der Waals surface area contributed by atoms with Crippen LogP contribution in [0.5, 0.6) is 0 Å². The van der Waals surface area contributed by atoms with Gasteiger partial charge in [0.2, 0.25) is 0 Å². The number of nitrogens with zero attached hydrogens (tertiary/aromatic N) is 2. The van der Waals surface area contributed by atoms with Crippen molar-refractivity contribution < 1.29 is 8.42 Å². The fourth-order valence-corrected chi connectivity index (χ4v) is 3.19. The number of hydrogen-bond donors (Lipinski definition) is 0. The van der Waals surface area contributed by atoms with E-state index in [1.165, 1.54) is 0 Å². The lowest BCUT2D eigenvalue weighted by atomic mass is 9.92. The second-order valence-corrected chi connectivity index (χ2v) is 8.84. The Kier molecular flexibility index (Phi) is 3.84. The van der Waals surface area contributed by atoms with Crippen LogP contribution in [0.4, 0.5) is 0 Å². The van der Waals surface area contributed by atoms with Gasteiger partial charge in [-0.25, -0.2) is 8.42 Å². The molecule has 0 fully saturated rings. The molecule has 19 heavy (non-hydrogen) atoms. The van der Waals surface area contributed by atoms with E-state index in [9.17, 15) is 8.42 Å². The number of hydrogen-bond acceptors (Lipinski definition) is 3. The minimum atomic E-state index is -3.51. The van der Waals surface area contributed by atoms with Crippen LogP contribution in [-0.2, 0) is 16.4 Å². The van der Waals surface area contributed by atoms with E-state index in [1.807, 2.05) is 0 Å². The number of rotatable bonds is 1. The molecule has 1 aliphatic rings. The summed E-state index contributed by atoms with van der Waals surface area (Å²) in [4.78, 5) is 4.12. The monoisotopic (exact) mass is 344 g/mol. The molecule has 0 N–H and O–H groups in total. The largest absolute Gasteiger partial charge is 0.263 e. The average Bonchev–Trinajstić information content (AvgIpc) is 2.28. The second kappa shape index (κ2) is 4.98. The van der Waals surface area contributed by atoms with E-state index in [1.54, 1.807) is 33.2 Å². The molecule has 0 bridgehead atoms. The van der Waals surface area contributed by atoms with E-state index in [-0.39, 0.29) is 0 Å². The van der Waals surface area contributed by atoms with Crippen LogP contribution in [0, 0.1) is 0 Å². The van der Waals surface area contributed by atoms with Gasteiger partial charge in [0.05, 0.1) is 10.5 Å². The molecule has 1 heterocycles. The Morgan fingerprint density at radius 1 is 1.26 bits per heavy atom. The van der Waals surface area contributed by atoms with Gasteiger partial charge >= 0.3 is 0 Å². The Hall–Kier alpha value is -0.750. The van der Waals surface area contributed by atoms with Gasteiger partial charge in [-0.3, -0.25) is 4.98 Å². The Labute approximate surface area is 122 Å². The first-order valence-corrected chi connectivity index (χ1v) is 8.42. The highest BCUT2D eigenvalue weighted by Gasteiger charge is 2.30. The number of sulfonamides is 1. The summed E-state index contributed by atoms with van der Waals surface area (Å²) in [5, 5.41) is 0. The van der Waals surface area contributed by atoms with Crippen LogP contribution >= 0.6 is 15.9 Å². The molecule has 0 atom stereocenters. The first-order chi connectivity index (χ1) is 8.72. The fraction of sp³-hybridized carbons (Fsp3) is 0.538. The van der Waals surface area contributed by atoms with Crippen LogP contribution in [0.15, 0.2) is 21.3 Å². The number of fused-ring (bicyclic) bond motifs is 1. The first kappa shape index (κ1) is 14.7. The van der Waals surface area contributed by atoms with Crippen molar-refractivity contribution in [2.75, 3.05) is 0 Å². The molecule has 0 saturated carbocycles. The van der Waals surface area contributed by atoms with Crippen molar-refractivity contribution in [1.82, 2.24) is 4.98 Å². The van der Waals surface area contributed by atoms with E-state index < -0.39 is 14.8 Å². The van der Waals surface area contributed by atoms with E-state index in [2.05, 4.69) is 25.3 Å². The van der Waals surface area contributed by atoms with E-state index in [4.69, 9.17) is 0 Å². The van der Waals surface area contributed by atoms with Crippen molar-refractivity contribution in [3.05, 3.63) is 28.0 Å². The van der Waals surface area contributed by atoms with Crippen molar-refractivity contribution in [3.8, 4) is 0 Å². The highest BCUT2D eigenvalue weighted by Crippen LogP contribution is 2.29. The molecular formula is C13H17BrN2O2S. The van der Waals surface area contributed by atoms with Crippen molar-refractivity contribution in [3.63, 3.8) is 0 Å². The van der Waals surface area contributed by atoms with Gasteiger partial charge in [0.15, 0.2) is 0 Å². The summed E-state index contributed by atoms with van der Waals surface area (Å²) in [6, 6.07) is 0. The molecule has 0 aromatic carbocycles. The number of pyridine rings is 1. The third-order valence-corrected chi connectivity index (χ3v) is 5.85. The van der Waals surface area contributed by atoms with Gasteiger partial charge in [0.1, 0.15) is 0 Å². The molecule has 104 valence electrons. The smallest absolute Gasteiger partial charge is 0.258 e. The van der Waals surface area contributed by atoms with Gasteiger partial charge in [0, 0.05) is 22.4 Å². The lowest BCUT2D eigenvalue weighted by Gasteiger charge is -2.21. The topological polar surface area (TPSA) is 59.4 Å². The minimum absolute atomic E-state index is 0.630. The lowest BCUT2D eigenvalue weighted by Crippen LogP contribution is -2.27. The molecule has 0 unspecified atom stereocenters. The maximum absolute atomic E-state index is 12.2. The molecule has 6 heteroatoms. The summed E-state index contributed by atoms with van der Waals surface area (Å²) >= 11 is 3.46. The summed E-state index contributed by atoms with van der Waals surface area (Å²) in [6.07, 6.45) is 5.96. The first-order valence-electron chi connectivity index (χ1n) is 6.18.